The number of hydrogen-bond donors (Lipinski definition) is 3. The number of aryl methyl sites for hydroxylation is 1. The molecule has 0 saturated heterocycles. The van der Waals surface area contributed by atoms with Crippen molar-refractivity contribution in [3.63, 3.8) is 0 Å². The zero-order valence-corrected chi connectivity index (χ0v) is 19.8. The molecule has 1 heterocycles. The maximum atomic E-state index is 13.0. The van der Waals surface area contributed by atoms with E-state index in [1.807, 2.05) is 19.1 Å². The van der Waals surface area contributed by atoms with Crippen LogP contribution < -0.4 is 16.0 Å². The predicted octanol–water partition coefficient (Wildman–Crippen LogP) is 5.42. The van der Waals surface area contributed by atoms with Crippen LogP contribution in [0.15, 0.2) is 53.9 Å². The average molecular weight is 422 g/mol. The predicted molar refractivity (Wildman–Crippen MR) is 133 cm³/mol. The molecular formula is C27H39N3O. The fourth-order valence-electron chi connectivity index (χ4n) is 4.02. The number of carbonyl (C=O) groups excluding carboxylic acids is 1. The Labute approximate surface area is 188 Å². The number of dihydropyridines is 1. The molecule has 168 valence electrons. The van der Waals surface area contributed by atoms with Crippen molar-refractivity contribution in [1.29, 1.82) is 0 Å². The van der Waals surface area contributed by atoms with E-state index in [0.29, 0.717) is 6.54 Å². The molecule has 31 heavy (non-hydrogen) atoms. The van der Waals surface area contributed by atoms with Gasteiger partial charge in [-0.3, -0.25) is 4.79 Å². The first-order valence-electron chi connectivity index (χ1n) is 11.5. The first-order chi connectivity index (χ1) is 14.9. The van der Waals surface area contributed by atoms with E-state index in [4.69, 9.17) is 0 Å². The van der Waals surface area contributed by atoms with E-state index in [0.717, 1.165) is 65.2 Å². The lowest BCUT2D eigenvalue weighted by atomic mass is 9.94. The van der Waals surface area contributed by atoms with E-state index in [1.54, 1.807) is 0 Å². The normalized spacial score (nSPS) is 13.7. The summed E-state index contributed by atoms with van der Waals surface area (Å²) < 4.78 is 0. The Morgan fingerprint density at radius 2 is 1.87 bits per heavy atom. The van der Waals surface area contributed by atoms with Crippen LogP contribution in [0.2, 0.25) is 0 Å². The summed E-state index contributed by atoms with van der Waals surface area (Å²) in [6, 6.07) is 4.11. The third-order valence-corrected chi connectivity index (χ3v) is 5.86. The van der Waals surface area contributed by atoms with Crippen LogP contribution in [-0.2, 0) is 6.42 Å². The first-order valence-corrected chi connectivity index (χ1v) is 11.5. The lowest BCUT2D eigenvalue weighted by Crippen LogP contribution is -2.30. The highest BCUT2D eigenvalue weighted by Gasteiger charge is 2.16. The van der Waals surface area contributed by atoms with E-state index in [-0.39, 0.29) is 5.91 Å². The Balaban J connectivity index is 2.03. The molecule has 1 aromatic carbocycles. The summed E-state index contributed by atoms with van der Waals surface area (Å²) in [5.74, 6) is -0.0486. The number of allylic oxidation sites excluding steroid dienone is 3. The summed E-state index contributed by atoms with van der Waals surface area (Å²) in [5.41, 5.74) is 8.13. The highest BCUT2D eigenvalue weighted by atomic mass is 16.1. The maximum absolute atomic E-state index is 13.0. The van der Waals surface area contributed by atoms with Crippen molar-refractivity contribution >= 4 is 12.0 Å². The van der Waals surface area contributed by atoms with E-state index in [2.05, 4.69) is 62.0 Å². The standard InChI is InChI=1S/C27H39N3O/c1-7-23-16-24(13-11-9-10-12-14-28-8-2)21(5)25(17-23)27(31)29-18-26-19(3)15-20(4)30-22(26)6/h7,15-17,28,30H,1,6,8-14,18H2,2-5H3,(H,29,31). The second kappa shape index (κ2) is 12.3. The quantitative estimate of drug-likeness (QED) is 0.395. The molecular weight excluding hydrogens is 382 g/mol. The van der Waals surface area contributed by atoms with Crippen molar-refractivity contribution < 1.29 is 4.79 Å². The number of nitrogens with one attached hydrogen (secondary N) is 3. The van der Waals surface area contributed by atoms with Gasteiger partial charge < -0.3 is 16.0 Å². The molecule has 1 aromatic rings. The van der Waals surface area contributed by atoms with Crippen LogP contribution in [0.4, 0.5) is 0 Å². The summed E-state index contributed by atoms with van der Waals surface area (Å²) in [7, 11) is 0. The second-order valence-electron chi connectivity index (χ2n) is 8.35. The molecule has 4 heteroatoms. The van der Waals surface area contributed by atoms with E-state index in [9.17, 15) is 4.79 Å². The van der Waals surface area contributed by atoms with Gasteiger partial charge in [-0.25, -0.2) is 0 Å². The first kappa shape index (κ1) is 24.7. The van der Waals surface area contributed by atoms with Gasteiger partial charge in [-0.1, -0.05) is 45.1 Å². The molecule has 0 atom stereocenters. The molecule has 0 aromatic heterocycles. The zero-order valence-electron chi connectivity index (χ0n) is 19.8. The largest absolute Gasteiger partial charge is 0.359 e. The highest BCUT2D eigenvalue weighted by molar-refractivity contribution is 5.96. The summed E-state index contributed by atoms with van der Waals surface area (Å²) in [6.07, 6.45) is 9.69. The molecule has 4 nitrogen and oxygen atoms in total. The third kappa shape index (κ3) is 7.25. The van der Waals surface area contributed by atoms with Gasteiger partial charge in [0.05, 0.1) is 0 Å². The number of benzene rings is 1. The van der Waals surface area contributed by atoms with Gasteiger partial charge in [-0.05, 0) is 93.1 Å². The van der Waals surface area contributed by atoms with Crippen LogP contribution in [0.5, 0.6) is 0 Å². The number of carbonyl (C=O) groups is 1. The Hall–Kier alpha value is -2.59. The van der Waals surface area contributed by atoms with Gasteiger partial charge in [0.1, 0.15) is 0 Å². The van der Waals surface area contributed by atoms with Crippen molar-refractivity contribution in [3.8, 4) is 0 Å². The van der Waals surface area contributed by atoms with Crippen LogP contribution >= 0.6 is 0 Å². The molecule has 1 aliphatic rings. The molecule has 2 rings (SSSR count). The molecule has 1 aliphatic heterocycles. The Bertz CT molecular complexity index is 877. The van der Waals surface area contributed by atoms with Gasteiger partial charge in [0.15, 0.2) is 0 Å². The highest BCUT2D eigenvalue weighted by Crippen LogP contribution is 2.22. The van der Waals surface area contributed by atoms with Gasteiger partial charge in [0.25, 0.3) is 5.91 Å². The monoisotopic (exact) mass is 421 g/mol. The molecule has 0 bridgehead atoms. The SMILES string of the molecule is C=Cc1cc(CCCCCCNCC)c(C)c(C(=O)NCC2=C(C)C=C(C)NC2=C)c1. The molecule has 0 aliphatic carbocycles. The Kier molecular flexibility index (Phi) is 9.80. The zero-order chi connectivity index (χ0) is 22.8. The van der Waals surface area contributed by atoms with Gasteiger partial charge in [-0.2, -0.15) is 0 Å². The molecule has 0 radical (unpaired) electrons. The average Bonchev–Trinajstić information content (AvgIpc) is 2.73. The minimum Gasteiger partial charge on any atom is -0.359 e. The minimum atomic E-state index is -0.0486. The maximum Gasteiger partial charge on any atom is 0.251 e. The molecule has 1 amide bonds. The van der Waals surface area contributed by atoms with Crippen molar-refractivity contribution in [3.05, 3.63) is 76.2 Å². The van der Waals surface area contributed by atoms with Crippen molar-refractivity contribution in [2.75, 3.05) is 19.6 Å². The molecule has 0 unspecified atom stereocenters. The van der Waals surface area contributed by atoms with Crippen LogP contribution in [0, 0.1) is 6.92 Å². The third-order valence-electron chi connectivity index (χ3n) is 5.86. The fraction of sp³-hybridized carbons (Fsp3) is 0.444. The van der Waals surface area contributed by atoms with Crippen LogP contribution in [0.3, 0.4) is 0 Å². The Morgan fingerprint density at radius 3 is 2.55 bits per heavy atom. The van der Waals surface area contributed by atoms with Crippen LogP contribution in [0.25, 0.3) is 6.08 Å². The lowest BCUT2D eigenvalue weighted by molar-refractivity contribution is 0.0956. The summed E-state index contributed by atoms with van der Waals surface area (Å²) in [6.45, 7) is 18.9. The molecule has 0 fully saturated rings. The lowest BCUT2D eigenvalue weighted by Gasteiger charge is -2.21. The van der Waals surface area contributed by atoms with Crippen molar-refractivity contribution in [1.82, 2.24) is 16.0 Å². The second-order valence-corrected chi connectivity index (χ2v) is 8.35. The number of hydrogen-bond acceptors (Lipinski definition) is 3. The summed E-state index contributed by atoms with van der Waals surface area (Å²) in [4.78, 5) is 13.0. The minimum absolute atomic E-state index is 0.0486. The van der Waals surface area contributed by atoms with Crippen molar-refractivity contribution in [2.24, 2.45) is 0 Å². The Morgan fingerprint density at radius 1 is 1.13 bits per heavy atom. The topological polar surface area (TPSA) is 53.2 Å². The van der Waals surface area contributed by atoms with Gasteiger partial charge in [0.2, 0.25) is 0 Å². The van der Waals surface area contributed by atoms with Crippen molar-refractivity contribution in [2.45, 2.75) is 59.8 Å². The van der Waals surface area contributed by atoms with Gasteiger partial charge >= 0.3 is 0 Å². The number of amides is 1. The van der Waals surface area contributed by atoms with Gasteiger partial charge in [0, 0.05) is 23.5 Å². The van der Waals surface area contributed by atoms with E-state index in [1.165, 1.54) is 24.8 Å². The van der Waals surface area contributed by atoms with E-state index < -0.39 is 0 Å². The number of unbranched alkanes of at least 4 members (excludes halogenated alkanes) is 3. The smallest absolute Gasteiger partial charge is 0.251 e. The summed E-state index contributed by atoms with van der Waals surface area (Å²) in [5, 5.41) is 9.71. The summed E-state index contributed by atoms with van der Waals surface area (Å²) >= 11 is 0. The molecule has 0 saturated carbocycles. The van der Waals surface area contributed by atoms with Crippen LogP contribution in [0.1, 0.15) is 73.5 Å². The molecule has 0 spiro atoms. The van der Waals surface area contributed by atoms with Gasteiger partial charge in [-0.15, -0.1) is 0 Å². The fourth-order valence-corrected chi connectivity index (χ4v) is 4.02. The molecule has 3 N–H and O–H groups in total. The number of rotatable bonds is 12. The van der Waals surface area contributed by atoms with E-state index >= 15 is 0 Å². The van der Waals surface area contributed by atoms with Crippen LogP contribution in [-0.4, -0.2) is 25.5 Å².